The third-order valence-electron chi connectivity index (χ3n) is 17.8. The molecule has 0 heterocycles. The van der Waals surface area contributed by atoms with Gasteiger partial charge in [-0.3, -0.25) is 0 Å². The van der Waals surface area contributed by atoms with Crippen LogP contribution in [0.2, 0.25) is 0 Å². The Kier molecular flexibility index (Phi) is 11.2. The summed E-state index contributed by atoms with van der Waals surface area (Å²) in [7, 11) is 0. The molecule has 0 amide bonds. The fourth-order valence-corrected chi connectivity index (χ4v) is 14.4. The van der Waals surface area contributed by atoms with Gasteiger partial charge in [0.1, 0.15) is 0 Å². The van der Waals surface area contributed by atoms with Crippen molar-refractivity contribution in [1.82, 2.24) is 0 Å². The van der Waals surface area contributed by atoms with E-state index in [2.05, 4.69) is 225 Å². The predicted molar refractivity (Wildman–Crippen MR) is 308 cm³/mol. The molecule has 0 saturated carbocycles. The summed E-state index contributed by atoms with van der Waals surface area (Å²) >= 11 is 0. The Balaban J connectivity index is 1.04. The van der Waals surface area contributed by atoms with E-state index in [4.69, 9.17) is 0 Å². The first-order valence-electron chi connectivity index (χ1n) is 27.5. The van der Waals surface area contributed by atoms with Gasteiger partial charge in [0.05, 0.1) is 5.41 Å². The summed E-state index contributed by atoms with van der Waals surface area (Å²) in [5.41, 5.74) is 29.5. The van der Waals surface area contributed by atoms with Crippen molar-refractivity contribution in [1.29, 1.82) is 0 Å². The van der Waals surface area contributed by atoms with Gasteiger partial charge in [-0.1, -0.05) is 206 Å². The molecule has 0 nitrogen and oxygen atoms in total. The van der Waals surface area contributed by atoms with Gasteiger partial charge in [0.25, 0.3) is 0 Å². The Morgan fingerprint density at radius 3 is 1.86 bits per heavy atom. The van der Waals surface area contributed by atoms with E-state index in [1.54, 1.807) is 0 Å². The highest BCUT2D eigenvalue weighted by Crippen LogP contribution is 2.65. The lowest BCUT2D eigenvalue weighted by molar-refractivity contribution is 0.711. The Morgan fingerprint density at radius 2 is 1.10 bits per heavy atom. The summed E-state index contributed by atoms with van der Waals surface area (Å²) < 4.78 is 0. The number of fused-ring (bicyclic) bond motifs is 9. The van der Waals surface area contributed by atoms with Crippen LogP contribution in [0.5, 0.6) is 0 Å². The highest BCUT2D eigenvalue weighted by molar-refractivity contribution is 6.01. The van der Waals surface area contributed by atoms with Crippen LogP contribution in [-0.2, 0) is 5.41 Å². The smallest absolute Gasteiger partial charge is 0.0723 e. The van der Waals surface area contributed by atoms with E-state index in [0.29, 0.717) is 11.8 Å². The average Bonchev–Trinajstić information content (AvgIpc) is 3.98. The first kappa shape index (κ1) is 44.2. The van der Waals surface area contributed by atoms with E-state index < -0.39 is 5.41 Å². The van der Waals surface area contributed by atoms with Crippen molar-refractivity contribution in [3.63, 3.8) is 0 Å². The van der Waals surface area contributed by atoms with Crippen molar-refractivity contribution in [2.45, 2.75) is 82.0 Å². The van der Waals surface area contributed by atoms with Crippen LogP contribution in [0.25, 0.3) is 39.0 Å². The van der Waals surface area contributed by atoms with E-state index >= 15 is 0 Å². The summed E-state index contributed by atoms with van der Waals surface area (Å²) in [6, 6.07) is 45.4. The summed E-state index contributed by atoms with van der Waals surface area (Å²) in [5.74, 6) is 1.05. The van der Waals surface area contributed by atoms with Crippen LogP contribution >= 0.6 is 0 Å². The first-order chi connectivity index (χ1) is 36.2. The topological polar surface area (TPSA) is 0 Å². The second-order valence-corrected chi connectivity index (χ2v) is 21.6. The van der Waals surface area contributed by atoms with Crippen molar-refractivity contribution in [2.24, 2.45) is 11.8 Å². The number of hydrogen-bond donors (Lipinski definition) is 0. The number of allylic oxidation sites excluding steroid dienone is 28. The maximum absolute atomic E-state index is 2.74. The van der Waals surface area contributed by atoms with Gasteiger partial charge in [-0.25, -0.2) is 0 Å². The van der Waals surface area contributed by atoms with Crippen molar-refractivity contribution in [2.75, 3.05) is 0 Å². The van der Waals surface area contributed by atoms with Gasteiger partial charge in [-0.2, -0.15) is 0 Å². The van der Waals surface area contributed by atoms with Crippen LogP contribution in [-0.4, -0.2) is 0 Å². The minimum absolute atomic E-state index is 0.288. The molecule has 14 rings (SSSR count). The quantitative estimate of drug-likeness (QED) is 0.145. The van der Waals surface area contributed by atoms with Crippen molar-refractivity contribution < 1.29 is 0 Å². The molecule has 4 atom stereocenters. The third kappa shape index (κ3) is 7.39. The number of rotatable bonds is 8. The van der Waals surface area contributed by atoms with Crippen LogP contribution < -0.4 is 0 Å². The molecule has 0 N–H and O–H groups in total. The molecule has 0 radical (unpaired) electrons. The fraction of sp³-hybridized carbons (Fsp3) is 0.205. The Labute approximate surface area is 433 Å². The van der Waals surface area contributed by atoms with Crippen LogP contribution in [0, 0.1) is 11.8 Å². The molecule has 9 aliphatic carbocycles. The molecule has 0 heteroatoms. The van der Waals surface area contributed by atoms with Crippen molar-refractivity contribution in [3.05, 3.63) is 303 Å². The van der Waals surface area contributed by atoms with Gasteiger partial charge in [-0.15, -0.1) is 0 Å². The molecule has 4 unspecified atom stereocenters. The zero-order valence-electron chi connectivity index (χ0n) is 41.9. The largest absolute Gasteiger partial charge is 0.0839 e. The molecule has 5 aromatic carbocycles. The molecule has 0 aliphatic heterocycles. The van der Waals surface area contributed by atoms with Gasteiger partial charge >= 0.3 is 0 Å². The van der Waals surface area contributed by atoms with Crippen LogP contribution in [0.4, 0.5) is 0 Å². The molecule has 73 heavy (non-hydrogen) atoms. The second-order valence-electron chi connectivity index (χ2n) is 21.6. The third-order valence-corrected chi connectivity index (χ3v) is 17.8. The van der Waals surface area contributed by atoms with Gasteiger partial charge < -0.3 is 0 Å². The van der Waals surface area contributed by atoms with Crippen molar-refractivity contribution >= 4 is 27.9 Å². The standard InChI is InChI=1S/C73H62/c1-5-21-49(22-6-1)57-29-13-17-33-61(57)53-37-41-65-66-42-38-54(62-34-18-14-30-58(62)50-23-7-2-8-24-50)46-70(66)73(69(65)45-53)71-47-55(63-35-19-15-31-59(63)51-25-9-3-10-26-51)39-43-67(71)68-44-40-56(48-72(68)73)64-36-20-16-32-60(64)52-27-11-4-12-28-52/h1-3,5-11,13-17,20-23,25-28,30-31,33,36-39,41-43,45-48,50,57,60H,4,12,18-19,24,29,32,34-35,40,44H2. The van der Waals surface area contributed by atoms with E-state index in [9.17, 15) is 0 Å². The van der Waals surface area contributed by atoms with Gasteiger partial charge in [0.15, 0.2) is 0 Å². The molecule has 5 aromatic rings. The maximum Gasteiger partial charge on any atom is 0.0723 e. The predicted octanol–water partition coefficient (Wildman–Crippen LogP) is 18.9. The van der Waals surface area contributed by atoms with Gasteiger partial charge in [0.2, 0.25) is 0 Å². The zero-order chi connectivity index (χ0) is 48.3. The lowest BCUT2D eigenvalue weighted by Crippen LogP contribution is -2.28. The highest BCUT2D eigenvalue weighted by Gasteiger charge is 2.54. The molecular weight excluding hydrogens is 877 g/mol. The zero-order valence-corrected chi connectivity index (χ0v) is 41.9. The van der Waals surface area contributed by atoms with Crippen LogP contribution in [0.15, 0.2) is 252 Å². The van der Waals surface area contributed by atoms with E-state index in [-0.39, 0.29) is 5.92 Å². The summed E-state index contributed by atoms with van der Waals surface area (Å²) in [6.07, 6.45) is 54.9. The summed E-state index contributed by atoms with van der Waals surface area (Å²) in [4.78, 5) is 0. The summed E-state index contributed by atoms with van der Waals surface area (Å²) in [6.45, 7) is 0. The normalized spacial score (nSPS) is 24.4. The first-order valence-corrected chi connectivity index (χ1v) is 27.5. The van der Waals surface area contributed by atoms with Gasteiger partial charge in [-0.05, 0) is 206 Å². The van der Waals surface area contributed by atoms with E-state index in [1.165, 1.54) is 117 Å². The van der Waals surface area contributed by atoms with Crippen molar-refractivity contribution in [3.8, 4) is 11.1 Å². The molecule has 0 fully saturated rings. The van der Waals surface area contributed by atoms with E-state index in [1.807, 2.05) is 0 Å². The SMILES string of the molecule is C1=CCC(C2=C(c3ccc4c(c3)C3(C5=C(CCC(C6=CC=CCC6C6=CCCC=C6)=C5)c5ccc(C6=C(c7ccccc7)C=CCC6)cc53)c3cc(C5=CC=CCC5c5ccccc5)ccc3-4)CCC=C2)C=C1. The number of hydrogen-bond acceptors (Lipinski definition) is 0. The Bertz CT molecular complexity index is 3570. The highest BCUT2D eigenvalue weighted by atomic mass is 14.5. The molecule has 9 aliphatic rings. The lowest BCUT2D eigenvalue weighted by Gasteiger charge is -2.35. The average molecular weight is 939 g/mol. The molecule has 0 aromatic heterocycles. The number of benzene rings is 5. The molecular formula is C73H62. The fourth-order valence-electron chi connectivity index (χ4n) is 14.4. The van der Waals surface area contributed by atoms with Gasteiger partial charge in [0, 0.05) is 17.8 Å². The minimum atomic E-state index is -0.530. The second kappa shape index (κ2) is 18.5. The van der Waals surface area contributed by atoms with E-state index in [0.717, 1.165) is 70.6 Å². The minimum Gasteiger partial charge on any atom is -0.0839 e. The molecule has 0 saturated heterocycles. The Morgan fingerprint density at radius 1 is 0.438 bits per heavy atom. The molecule has 1 spiro atoms. The Hall–Kier alpha value is -7.54. The monoisotopic (exact) mass is 938 g/mol. The summed E-state index contributed by atoms with van der Waals surface area (Å²) in [5, 5.41) is 0. The molecule has 0 bridgehead atoms. The molecule has 354 valence electrons. The van der Waals surface area contributed by atoms with Crippen LogP contribution in [0.3, 0.4) is 0 Å². The lowest BCUT2D eigenvalue weighted by atomic mass is 9.66. The maximum atomic E-state index is 2.74. The van der Waals surface area contributed by atoms with Crippen LogP contribution in [0.1, 0.15) is 127 Å².